The highest BCUT2D eigenvalue weighted by Gasteiger charge is 2.32. The number of hydrogen-bond donors (Lipinski definition) is 1. The predicted molar refractivity (Wildman–Crippen MR) is 140 cm³/mol. The number of hydrogen-bond acceptors (Lipinski definition) is 4. The summed E-state index contributed by atoms with van der Waals surface area (Å²) in [4.78, 5) is 28.2. The number of rotatable bonds is 9. The van der Waals surface area contributed by atoms with Crippen LogP contribution in [-0.2, 0) is 26.2 Å². The third kappa shape index (κ3) is 6.98. The van der Waals surface area contributed by atoms with Gasteiger partial charge in [0.2, 0.25) is 21.8 Å². The minimum atomic E-state index is -3.80. The van der Waals surface area contributed by atoms with Crippen LogP contribution in [0, 0.1) is 13.8 Å². The fraction of sp³-hybridized carbons (Fsp3) is 0.462. The molecular weight excluding hydrogens is 486 g/mol. The molecule has 7 nitrogen and oxygen atoms in total. The highest BCUT2D eigenvalue weighted by molar-refractivity contribution is 7.92. The van der Waals surface area contributed by atoms with Crippen LogP contribution in [0.3, 0.4) is 0 Å². The maximum Gasteiger partial charge on any atom is 0.244 e. The SMILES string of the molecule is Cc1cccc(CN(C(=O)CN(c2cccc(Cl)c2C)S(C)(=O)=O)[C@H](C)C(=O)NC2CCCC2)c1. The molecular formula is C26H34ClN3O4S. The van der Waals surface area contributed by atoms with Gasteiger partial charge in [-0.25, -0.2) is 8.42 Å². The highest BCUT2D eigenvalue weighted by Crippen LogP contribution is 2.28. The van der Waals surface area contributed by atoms with E-state index in [9.17, 15) is 18.0 Å². The summed E-state index contributed by atoms with van der Waals surface area (Å²) in [5, 5.41) is 3.47. The minimum absolute atomic E-state index is 0.113. The third-order valence-corrected chi connectivity index (χ3v) is 8.03. The van der Waals surface area contributed by atoms with Crippen molar-refractivity contribution in [3.8, 4) is 0 Å². The number of anilines is 1. The summed E-state index contributed by atoms with van der Waals surface area (Å²) in [5.74, 6) is -0.701. The van der Waals surface area contributed by atoms with E-state index in [2.05, 4.69) is 5.32 Å². The van der Waals surface area contributed by atoms with Gasteiger partial charge < -0.3 is 10.2 Å². The number of amides is 2. The maximum absolute atomic E-state index is 13.6. The van der Waals surface area contributed by atoms with E-state index in [-0.39, 0.29) is 18.5 Å². The molecule has 35 heavy (non-hydrogen) atoms. The smallest absolute Gasteiger partial charge is 0.244 e. The zero-order chi connectivity index (χ0) is 25.8. The van der Waals surface area contributed by atoms with Crippen molar-refractivity contribution >= 4 is 39.1 Å². The van der Waals surface area contributed by atoms with Crippen LogP contribution in [0.4, 0.5) is 5.69 Å². The molecule has 1 N–H and O–H groups in total. The molecule has 0 aliphatic heterocycles. The molecule has 0 aromatic heterocycles. The Balaban J connectivity index is 1.91. The average molecular weight is 520 g/mol. The first kappa shape index (κ1) is 27.0. The number of carbonyl (C=O) groups is 2. The van der Waals surface area contributed by atoms with Crippen molar-refractivity contribution in [3.05, 3.63) is 64.2 Å². The summed E-state index contributed by atoms with van der Waals surface area (Å²) < 4.78 is 26.5. The lowest BCUT2D eigenvalue weighted by molar-refractivity contribution is -0.139. The first-order chi connectivity index (χ1) is 16.5. The summed E-state index contributed by atoms with van der Waals surface area (Å²) in [7, 11) is -3.80. The molecule has 0 radical (unpaired) electrons. The fourth-order valence-corrected chi connectivity index (χ4v) is 5.51. The molecule has 2 aromatic rings. The lowest BCUT2D eigenvalue weighted by atomic mass is 10.1. The van der Waals surface area contributed by atoms with Gasteiger partial charge in [-0.2, -0.15) is 0 Å². The van der Waals surface area contributed by atoms with Crippen molar-refractivity contribution in [2.75, 3.05) is 17.1 Å². The molecule has 2 amide bonds. The van der Waals surface area contributed by atoms with Crippen LogP contribution in [0.2, 0.25) is 5.02 Å². The number of sulfonamides is 1. The summed E-state index contributed by atoms with van der Waals surface area (Å²) in [6, 6.07) is 12.0. The second-order valence-corrected chi connectivity index (χ2v) is 11.6. The first-order valence-electron chi connectivity index (χ1n) is 11.9. The van der Waals surface area contributed by atoms with Crippen molar-refractivity contribution in [2.45, 2.75) is 65.1 Å². The van der Waals surface area contributed by atoms with Crippen molar-refractivity contribution in [2.24, 2.45) is 0 Å². The van der Waals surface area contributed by atoms with Crippen LogP contribution in [0.15, 0.2) is 42.5 Å². The standard InChI is InChI=1S/C26H34ClN3O4S/c1-18-9-7-10-21(15-18)16-29(20(3)26(32)28-22-11-5-6-12-22)25(31)17-30(35(4,33)34)24-14-8-13-23(27)19(24)2/h7-10,13-15,20,22H,5-6,11-12,16-17H2,1-4H3,(H,28,32)/t20-/m1/s1. The quantitative estimate of drug-likeness (QED) is 0.538. The van der Waals surface area contributed by atoms with Gasteiger partial charge in [-0.3, -0.25) is 13.9 Å². The lowest BCUT2D eigenvalue weighted by Crippen LogP contribution is -2.52. The summed E-state index contributed by atoms with van der Waals surface area (Å²) in [6.07, 6.45) is 5.07. The number of halogens is 1. The Kier molecular flexibility index (Phi) is 8.83. The van der Waals surface area contributed by atoms with Gasteiger partial charge in [0.1, 0.15) is 12.6 Å². The number of nitrogens with zero attached hydrogens (tertiary/aromatic N) is 2. The van der Waals surface area contributed by atoms with Crippen LogP contribution in [0.1, 0.15) is 49.3 Å². The largest absolute Gasteiger partial charge is 0.352 e. The van der Waals surface area contributed by atoms with E-state index in [0.29, 0.717) is 16.3 Å². The minimum Gasteiger partial charge on any atom is -0.352 e. The molecule has 2 aromatic carbocycles. The molecule has 0 unspecified atom stereocenters. The highest BCUT2D eigenvalue weighted by atomic mass is 35.5. The Morgan fingerprint density at radius 2 is 1.77 bits per heavy atom. The van der Waals surface area contributed by atoms with Gasteiger partial charge in [0.25, 0.3) is 0 Å². The molecule has 0 heterocycles. The number of benzene rings is 2. The lowest BCUT2D eigenvalue weighted by Gasteiger charge is -2.32. The van der Waals surface area contributed by atoms with Gasteiger partial charge >= 0.3 is 0 Å². The molecule has 190 valence electrons. The van der Waals surface area contributed by atoms with Crippen molar-refractivity contribution in [3.63, 3.8) is 0 Å². The second-order valence-electron chi connectivity index (χ2n) is 9.33. The van der Waals surface area contributed by atoms with Crippen molar-refractivity contribution < 1.29 is 18.0 Å². The van der Waals surface area contributed by atoms with Gasteiger partial charge in [0.15, 0.2) is 0 Å². The molecule has 1 aliphatic carbocycles. The molecule has 0 saturated heterocycles. The number of aryl methyl sites for hydroxylation is 1. The Morgan fingerprint density at radius 1 is 1.11 bits per heavy atom. The normalized spacial score (nSPS) is 15.0. The molecule has 3 rings (SSSR count). The Bertz CT molecular complexity index is 1180. The van der Waals surface area contributed by atoms with Crippen molar-refractivity contribution in [1.29, 1.82) is 0 Å². The average Bonchev–Trinajstić information content (AvgIpc) is 3.29. The zero-order valence-corrected chi connectivity index (χ0v) is 22.3. The second kappa shape index (κ2) is 11.4. The Labute approximate surface area is 213 Å². The molecule has 0 bridgehead atoms. The first-order valence-corrected chi connectivity index (χ1v) is 14.1. The van der Waals surface area contributed by atoms with E-state index in [1.54, 1.807) is 32.0 Å². The topological polar surface area (TPSA) is 86.8 Å². The molecule has 1 aliphatic rings. The van der Waals surface area contributed by atoms with Gasteiger partial charge in [-0.05, 0) is 56.9 Å². The Morgan fingerprint density at radius 3 is 2.40 bits per heavy atom. The van der Waals surface area contributed by atoms with E-state index in [1.807, 2.05) is 31.2 Å². The molecule has 9 heteroatoms. The molecule has 1 fully saturated rings. The van der Waals surface area contributed by atoms with E-state index in [0.717, 1.165) is 47.4 Å². The monoisotopic (exact) mass is 519 g/mol. The van der Waals surface area contributed by atoms with Crippen molar-refractivity contribution in [1.82, 2.24) is 10.2 Å². The molecule has 0 spiro atoms. The molecule has 1 atom stereocenters. The van der Waals surface area contributed by atoms with Gasteiger partial charge in [-0.1, -0.05) is 60.3 Å². The fourth-order valence-electron chi connectivity index (χ4n) is 4.44. The van der Waals surface area contributed by atoms with E-state index in [4.69, 9.17) is 11.6 Å². The number of nitrogens with one attached hydrogen (secondary N) is 1. The van der Waals surface area contributed by atoms with Gasteiger partial charge in [0.05, 0.1) is 11.9 Å². The van der Waals surface area contributed by atoms with E-state index >= 15 is 0 Å². The summed E-state index contributed by atoms with van der Waals surface area (Å²) in [5.41, 5.74) is 2.80. The maximum atomic E-state index is 13.6. The number of carbonyl (C=O) groups excluding carboxylic acids is 2. The van der Waals surface area contributed by atoms with Crippen LogP contribution < -0.4 is 9.62 Å². The van der Waals surface area contributed by atoms with Crippen LogP contribution in [0.25, 0.3) is 0 Å². The van der Waals surface area contributed by atoms with Gasteiger partial charge in [0, 0.05) is 17.6 Å². The summed E-state index contributed by atoms with van der Waals surface area (Å²) in [6.45, 7) is 5.11. The van der Waals surface area contributed by atoms with E-state index in [1.165, 1.54) is 4.90 Å². The molecule has 1 saturated carbocycles. The third-order valence-electron chi connectivity index (χ3n) is 6.49. The van der Waals surface area contributed by atoms with Crippen LogP contribution in [-0.4, -0.2) is 50.0 Å². The van der Waals surface area contributed by atoms with Crippen LogP contribution in [0.5, 0.6) is 0 Å². The summed E-state index contributed by atoms with van der Waals surface area (Å²) >= 11 is 6.23. The van der Waals surface area contributed by atoms with Gasteiger partial charge in [-0.15, -0.1) is 0 Å². The zero-order valence-electron chi connectivity index (χ0n) is 20.8. The van der Waals surface area contributed by atoms with E-state index < -0.39 is 28.5 Å². The van der Waals surface area contributed by atoms with Crippen LogP contribution >= 0.6 is 11.6 Å². The Hall–Kier alpha value is -2.58. The predicted octanol–water partition coefficient (Wildman–Crippen LogP) is 4.20.